The molecule has 0 unspecified atom stereocenters. The maximum absolute atomic E-state index is 5.50. The molecule has 0 bridgehead atoms. The van der Waals surface area contributed by atoms with Crippen LogP contribution in [0.5, 0.6) is 0 Å². The Morgan fingerprint density at radius 2 is 1.79 bits per heavy atom. The minimum Gasteiger partial charge on any atom is -0.381 e. The van der Waals surface area contributed by atoms with Crippen molar-refractivity contribution in [3.05, 3.63) is 0 Å². The van der Waals surface area contributed by atoms with Crippen molar-refractivity contribution in [2.75, 3.05) is 19.8 Å². The summed E-state index contributed by atoms with van der Waals surface area (Å²) in [4.78, 5) is 0. The lowest BCUT2D eigenvalue weighted by atomic mass is 10.2. The maximum atomic E-state index is 5.50. The molecule has 0 aliphatic rings. The molecule has 14 heavy (non-hydrogen) atoms. The highest BCUT2D eigenvalue weighted by molar-refractivity contribution is 4.61. The van der Waals surface area contributed by atoms with Gasteiger partial charge in [-0.2, -0.15) is 0 Å². The second kappa shape index (κ2) is 9.47. The van der Waals surface area contributed by atoms with Gasteiger partial charge in [0.1, 0.15) is 0 Å². The molecule has 0 aromatic carbocycles. The van der Waals surface area contributed by atoms with Crippen molar-refractivity contribution in [3.8, 4) is 0 Å². The predicted octanol–water partition coefficient (Wildman–Crippen LogP) is 2.83. The Morgan fingerprint density at radius 3 is 2.29 bits per heavy atom. The molecular weight excluding hydrogens is 174 g/mol. The first-order valence-electron chi connectivity index (χ1n) is 6.01. The molecule has 0 atom stereocenters. The zero-order chi connectivity index (χ0) is 10.8. The standard InChI is InChI=1S/C12H27NO/c1-5-12(6-2)13-8-7-9-14-10-11(3)4/h11-13H,5-10H2,1-4H3. The van der Waals surface area contributed by atoms with Crippen molar-refractivity contribution < 1.29 is 4.74 Å². The van der Waals surface area contributed by atoms with Crippen LogP contribution in [0.2, 0.25) is 0 Å². The van der Waals surface area contributed by atoms with Gasteiger partial charge in [-0.25, -0.2) is 0 Å². The topological polar surface area (TPSA) is 21.3 Å². The number of rotatable bonds is 9. The van der Waals surface area contributed by atoms with Gasteiger partial charge in [0, 0.05) is 19.3 Å². The molecule has 0 saturated heterocycles. The van der Waals surface area contributed by atoms with Gasteiger partial charge in [-0.3, -0.25) is 0 Å². The molecule has 2 nitrogen and oxygen atoms in total. The molecule has 2 heteroatoms. The van der Waals surface area contributed by atoms with Crippen LogP contribution in [0.15, 0.2) is 0 Å². The van der Waals surface area contributed by atoms with Crippen LogP contribution in [0, 0.1) is 5.92 Å². The molecule has 0 fully saturated rings. The first kappa shape index (κ1) is 13.9. The molecule has 0 heterocycles. The van der Waals surface area contributed by atoms with Crippen molar-refractivity contribution in [3.63, 3.8) is 0 Å². The fraction of sp³-hybridized carbons (Fsp3) is 1.00. The monoisotopic (exact) mass is 201 g/mol. The number of nitrogens with one attached hydrogen (secondary N) is 1. The fourth-order valence-electron chi connectivity index (χ4n) is 1.38. The van der Waals surface area contributed by atoms with E-state index < -0.39 is 0 Å². The highest BCUT2D eigenvalue weighted by Crippen LogP contribution is 1.96. The zero-order valence-corrected chi connectivity index (χ0v) is 10.3. The van der Waals surface area contributed by atoms with E-state index in [0.29, 0.717) is 12.0 Å². The molecule has 0 spiro atoms. The third-order valence-corrected chi connectivity index (χ3v) is 2.34. The first-order valence-corrected chi connectivity index (χ1v) is 6.01. The largest absolute Gasteiger partial charge is 0.381 e. The summed E-state index contributed by atoms with van der Waals surface area (Å²) in [5.74, 6) is 0.655. The zero-order valence-electron chi connectivity index (χ0n) is 10.3. The average Bonchev–Trinajstić information content (AvgIpc) is 2.16. The van der Waals surface area contributed by atoms with E-state index in [2.05, 4.69) is 33.0 Å². The highest BCUT2D eigenvalue weighted by Gasteiger charge is 2.00. The molecule has 0 aromatic heterocycles. The summed E-state index contributed by atoms with van der Waals surface area (Å²) in [5, 5.41) is 3.53. The summed E-state index contributed by atoms with van der Waals surface area (Å²) in [6.45, 7) is 11.7. The van der Waals surface area contributed by atoms with E-state index in [1.807, 2.05) is 0 Å². The van der Waals surface area contributed by atoms with E-state index in [-0.39, 0.29) is 0 Å². The molecular formula is C12H27NO. The summed E-state index contributed by atoms with van der Waals surface area (Å²) in [6, 6.07) is 0.695. The molecule has 0 radical (unpaired) electrons. The van der Waals surface area contributed by atoms with Crippen molar-refractivity contribution in [2.24, 2.45) is 5.92 Å². The minimum atomic E-state index is 0.655. The normalized spacial score (nSPS) is 11.6. The van der Waals surface area contributed by atoms with Gasteiger partial charge in [-0.1, -0.05) is 27.7 Å². The van der Waals surface area contributed by atoms with Crippen LogP contribution in [0.25, 0.3) is 0 Å². The van der Waals surface area contributed by atoms with Gasteiger partial charge in [-0.15, -0.1) is 0 Å². The highest BCUT2D eigenvalue weighted by atomic mass is 16.5. The lowest BCUT2D eigenvalue weighted by Gasteiger charge is -2.14. The van der Waals surface area contributed by atoms with Gasteiger partial charge in [0.2, 0.25) is 0 Å². The van der Waals surface area contributed by atoms with Gasteiger partial charge < -0.3 is 10.1 Å². The number of hydrogen-bond acceptors (Lipinski definition) is 2. The van der Waals surface area contributed by atoms with Crippen LogP contribution in [0.1, 0.15) is 47.0 Å². The Balaban J connectivity index is 3.12. The van der Waals surface area contributed by atoms with Gasteiger partial charge in [0.25, 0.3) is 0 Å². The Hall–Kier alpha value is -0.0800. The average molecular weight is 201 g/mol. The molecule has 0 aliphatic heterocycles. The third-order valence-electron chi connectivity index (χ3n) is 2.34. The minimum absolute atomic E-state index is 0.655. The van der Waals surface area contributed by atoms with E-state index in [4.69, 9.17) is 4.74 Å². The quantitative estimate of drug-likeness (QED) is 0.579. The summed E-state index contributed by atoms with van der Waals surface area (Å²) in [5.41, 5.74) is 0. The molecule has 0 aromatic rings. The van der Waals surface area contributed by atoms with Crippen LogP contribution in [0.4, 0.5) is 0 Å². The van der Waals surface area contributed by atoms with Gasteiger partial charge >= 0.3 is 0 Å². The fourth-order valence-corrected chi connectivity index (χ4v) is 1.38. The second-order valence-corrected chi connectivity index (χ2v) is 4.29. The van der Waals surface area contributed by atoms with E-state index >= 15 is 0 Å². The Bertz CT molecular complexity index is 111. The summed E-state index contributed by atoms with van der Waals surface area (Å²) in [6.07, 6.45) is 3.58. The number of hydrogen-bond donors (Lipinski definition) is 1. The first-order chi connectivity index (χ1) is 6.70. The molecule has 0 amide bonds. The van der Waals surface area contributed by atoms with Crippen LogP contribution in [-0.4, -0.2) is 25.8 Å². The van der Waals surface area contributed by atoms with E-state index in [1.165, 1.54) is 12.8 Å². The summed E-state index contributed by atoms with van der Waals surface area (Å²) in [7, 11) is 0. The predicted molar refractivity (Wildman–Crippen MR) is 62.6 cm³/mol. The van der Waals surface area contributed by atoms with Crippen LogP contribution < -0.4 is 5.32 Å². The van der Waals surface area contributed by atoms with Crippen molar-refractivity contribution in [1.29, 1.82) is 0 Å². The lowest BCUT2D eigenvalue weighted by molar-refractivity contribution is 0.107. The van der Waals surface area contributed by atoms with Gasteiger partial charge in [0.05, 0.1) is 0 Å². The Kier molecular flexibility index (Phi) is 9.42. The van der Waals surface area contributed by atoms with E-state index in [0.717, 1.165) is 26.2 Å². The van der Waals surface area contributed by atoms with Gasteiger partial charge in [0.15, 0.2) is 0 Å². The van der Waals surface area contributed by atoms with Crippen molar-refractivity contribution in [2.45, 2.75) is 53.0 Å². The Labute approximate surface area is 89.4 Å². The summed E-state index contributed by atoms with van der Waals surface area (Å²) >= 11 is 0. The smallest absolute Gasteiger partial charge is 0.0489 e. The SMILES string of the molecule is CCC(CC)NCCCOCC(C)C. The second-order valence-electron chi connectivity index (χ2n) is 4.29. The van der Waals surface area contributed by atoms with E-state index in [9.17, 15) is 0 Å². The lowest BCUT2D eigenvalue weighted by Crippen LogP contribution is -2.29. The number of ether oxygens (including phenoxy) is 1. The van der Waals surface area contributed by atoms with Crippen LogP contribution in [-0.2, 0) is 4.74 Å². The Morgan fingerprint density at radius 1 is 1.14 bits per heavy atom. The van der Waals surface area contributed by atoms with Gasteiger partial charge in [-0.05, 0) is 31.7 Å². The van der Waals surface area contributed by atoms with Crippen molar-refractivity contribution >= 4 is 0 Å². The van der Waals surface area contributed by atoms with Crippen LogP contribution in [0.3, 0.4) is 0 Å². The van der Waals surface area contributed by atoms with Crippen molar-refractivity contribution in [1.82, 2.24) is 5.32 Å². The molecule has 0 rings (SSSR count). The summed E-state index contributed by atoms with van der Waals surface area (Å²) < 4.78 is 5.50. The molecule has 0 saturated carbocycles. The van der Waals surface area contributed by atoms with Crippen LogP contribution >= 0.6 is 0 Å². The maximum Gasteiger partial charge on any atom is 0.0489 e. The molecule has 86 valence electrons. The molecule has 1 N–H and O–H groups in total. The third kappa shape index (κ3) is 8.52. The van der Waals surface area contributed by atoms with E-state index in [1.54, 1.807) is 0 Å². The molecule has 0 aliphatic carbocycles.